The minimum absolute atomic E-state index is 0.878. The predicted octanol–water partition coefficient (Wildman–Crippen LogP) is 15.1. The van der Waals surface area contributed by atoms with Crippen molar-refractivity contribution in [2.75, 3.05) is 4.90 Å². The number of hydrogen-bond donors (Lipinski definition) is 0. The van der Waals surface area contributed by atoms with E-state index in [2.05, 4.69) is 193 Å². The van der Waals surface area contributed by atoms with Crippen molar-refractivity contribution in [3.05, 3.63) is 200 Å². The Hall–Kier alpha value is -7.36. The zero-order valence-corrected chi connectivity index (χ0v) is 29.8. The molecule has 3 heteroatoms. The van der Waals surface area contributed by atoms with Gasteiger partial charge in [-0.25, -0.2) is 0 Å². The van der Waals surface area contributed by atoms with Crippen LogP contribution < -0.4 is 4.90 Å². The highest BCUT2D eigenvalue weighted by atomic mass is 16.3. The molecule has 0 spiro atoms. The van der Waals surface area contributed by atoms with Crippen LogP contribution in [0.4, 0.5) is 17.1 Å². The summed E-state index contributed by atoms with van der Waals surface area (Å²) in [5.41, 5.74) is 13.6. The number of anilines is 3. The molecular formula is C52H33NO2. The first-order valence-corrected chi connectivity index (χ1v) is 18.7. The van der Waals surface area contributed by atoms with E-state index in [4.69, 9.17) is 8.83 Å². The van der Waals surface area contributed by atoms with Crippen molar-refractivity contribution in [2.45, 2.75) is 0 Å². The first kappa shape index (κ1) is 31.2. The Morgan fingerprint density at radius 2 is 0.836 bits per heavy atom. The summed E-state index contributed by atoms with van der Waals surface area (Å²) in [4.78, 5) is 2.35. The highest BCUT2D eigenvalue weighted by Crippen LogP contribution is 2.44. The Balaban J connectivity index is 1.03. The molecule has 2 heterocycles. The number of benzene rings is 9. The summed E-state index contributed by atoms with van der Waals surface area (Å²) in [6, 6.07) is 71.0. The molecule has 0 unspecified atom stereocenters. The molecule has 0 fully saturated rings. The van der Waals surface area contributed by atoms with E-state index in [1.165, 1.54) is 16.5 Å². The molecule has 0 saturated heterocycles. The number of hydrogen-bond acceptors (Lipinski definition) is 3. The van der Waals surface area contributed by atoms with E-state index in [-0.39, 0.29) is 0 Å². The van der Waals surface area contributed by atoms with Gasteiger partial charge in [-0.2, -0.15) is 0 Å². The molecule has 9 aromatic carbocycles. The number of furan rings is 2. The molecule has 0 bridgehead atoms. The van der Waals surface area contributed by atoms with Gasteiger partial charge in [0.05, 0.1) is 5.69 Å². The van der Waals surface area contributed by atoms with Gasteiger partial charge in [0, 0.05) is 43.9 Å². The van der Waals surface area contributed by atoms with Crippen molar-refractivity contribution >= 4 is 71.7 Å². The normalized spacial score (nSPS) is 11.6. The van der Waals surface area contributed by atoms with Gasteiger partial charge in [0.25, 0.3) is 0 Å². The molecule has 0 aliphatic rings. The van der Waals surface area contributed by atoms with Crippen LogP contribution in [0.3, 0.4) is 0 Å². The second-order valence-electron chi connectivity index (χ2n) is 14.1. The monoisotopic (exact) mass is 703 g/mol. The third kappa shape index (κ3) is 5.28. The molecule has 0 aliphatic carbocycles. The van der Waals surface area contributed by atoms with Gasteiger partial charge < -0.3 is 13.7 Å². The van der Waals surface area contributed by atoms with Gasteiger partial charge in [-0.15, -0.1) is 0 Å². The minimum atomic E-state index is 0.878. The van der Waals surface area contributed by atoms with E-state index in [9.17, 15) is 0 Å². The van der Waals surface area contributed by atoms with E-state index in [1.54, 1.807) is 0 Å². The molecule has 0 aliphatic heterocycles. The molecule has 258 valence electrons. The molecule has 0 radical (unpaired) electrons. The van der Waals surface area contributed by atoms with Crippen LogP contribution in [0, 0.1) is 0 Å². The molecule has 11 rings (SSSR count). The van der Waals surface area contributed by atoms with E-state index >= 15 is 0 Å². The van der Waals surface area contributed by atoms with E-state index in [1.807, 2.05) is 12.1 Å². The van der Waals surface area contributed by atoms with Crippen LogP contribution in [0.5, 0.6) is 0 Å². The van der Waals surface area contributed by atoms with Crippen LogP contribution in [0.2, 0.25) is 0 Å². The second kappa shape index (κ2) is 12.6. The molecule has 0 atom stereocenters. The van der Waals surface area contributed by atoms with Gasteiger partial charge in [0.1, 0.15) is 22.3 Å². The zero-order valence-electron chi connectivity index (χ0n) is 29.8. The fraction of sp³-hybridized carbons (Fsp3) is 0. The fourth-order valence-corrected chi connectivity index (χ4v) is 8.15. The standard InChI is InChI=1S/C52H33NO2/c1-2-10-34(11-3-1)35-18-25-40(26-19-35)53(41-27-20-36(21-28-41)38-23-29-45-44-15-7-9-17-49(44)54-50(45)32-38)48-16-8-6-13-42(48)39-24-30-46-47-31-22-37-12-4-5-14-43(37)52(47)55-51(46)33-39/h1-33H. The molecule has 0 amide bonds. The lowest BCUT2D eigenvalue weighted by molar-refractivity contribution is 0.669. The number of para-hydroxylation sites is 2. The summed E-state index contributed by atoms with van der Waals surface area (Å²) >= 11 is 0. The second-order valence-corrected chi connectivity index (χ2v) is 14.1. The van der Waals surface area contributed by atoms with Gasteiger partial charge >= 0.3 is 0 Å². The average Bonchev–Trinajstić information content (AvgIpc) is 3.83. The molecule has 3 nitrogen and oxygen atoms in total. The van der Waals surface area contributed by atoms with E-state index in [0.29, 0.717) is 0 Å². The Bertz CT molecular complexity index is 3190. The fourth-order valence-electron chi connectivity index (χ4n) is 8.15. The average molecular weight is 704 g/mol. The van der Waals surface area contributed by atoms with Crippen molar-refractivity contribution in [3.63, 3.8) is 0 Å². The maximum Gasteiger partial charge on any atom is 0.143 e. The molecule has 0 saturated carbocycles. The largest absolute Gasteiger partial charge is 0.456 e. The third-order valence-corrected chi connectivity index (χ3v) is 10.9. The Labute approximate surface area is 317 Å². The van der Waals surface area contributed by atoms with Crippen molar-refractivity contribution in [1.29, 1.82) is 0 Å². The quantitative estimate of drug-likeness (QED) is 0.173. The van der Waals surface area contributed by atoms with Crippen LogP contribution >= 0.6 is 0 Å². The maximum atomic E-state index is 6.63. The number of rotatable bonds is 6. The Kier molecular flexibility index (Phi) is 7.17. The summed E-state index contributed by atoms with van der Waals surface area (Å²) in [5.74, 6) is 0. The molecule has 55 heavy (non-hydrogen) atoms. The van der Waals surface area contributed by atoms with E-state index < -0.39 is 0 Å². The van der Waals surface area contributed by atoms with Crippen LogP contribution in [-0.2, 0) is 0 Å². The smallest absolute Gasteiger partial charge is 0.143 e. The SMILES string of the molecule is c1ccc(-c2ccc(N(c3ccc(-c4ccc5c(c4)oc4ccccc45)cc3)c3ccccc3-c3ccc4c(c3)oc3c5ccccc5ccc43)cc2)cc1. The molecular weight excluding hydrogens is 671 g/mol. The van der Waals surface area contributed by atoms with Crippen molar-refractivity contribution < 1.29 is 8.83 Å². The van der Waals surface area contributed by atoms with Crippen LogP contribution in [-0.4, -0.2) is 0 Å². The topological polar surface area (TPSA) is 29.5 Å². The van der Waals surface area contributed by atoms with Gasteiger partial charge in [0.15, 0.2) is 0 Å². The molecule has 11 aromatic rings. The van der Waals surface area contributed by atoms with Crippen molar-refractivity contribution in [1.82, 2.24) is 0 Å². The van der Waals surface area contributed by atoms with Gasteiger partial charge in [-0.05, 0) is 99.9 Å². The lowest BCUT2D eigenvalue weighted by Crippen LogP contribution is -2.11. The first-order valence-electron chi connectivity index (χ1n) is 18.7. The molecule has 0 N–H and O–H groups in total. The predicted molar refractivity (Wildman–Crippen MR) is 229 cm³/mol. The number of fused-ring (bicyclic) bond motifs is 8. The van der Waals surface area contributed by atoms with Crippen LogP contribution in [0.1, 0.15) is 0 Å². The van der Waals surface area contributed by atoms with Gasteiger partial charge in [0.2, 0.25) is 0 Å². The van der Waals surface area contributed by atoms with Crippen LogP contribution in [0.15, 0.2) is 209 Å². The van der Waals surface area contributed by atoms with Gasteiger partial charge in [-0.3, -0.25) is 0 Å². The lowest BCUT2D eigenvalue weighted by Gasteiger charge is -2.28. The summed E-state index contributed by atoms with van der Waals surface area (Å²) < 4.78 is 12.9. The van der Waals surface area contributed by atoms with Crippen molar-refractivity contribution in [2.24, 2.45) is 0 Å². The third-order valence-electron chi connectivity index (χ3n) is 10.9. The van der Waals surface area contributed by atoms with Gasteiger partial charge in [-0.1, -0.05) is 133 Å². The minimum Gasteiger partial charge on any atom is -0.456 e. The van der Waals surface area contributed by atoms with Crippen molar-refractivity contribution in [3.8, 4) is 33.4 Å². The maximum absolute atomic E-state index is 6.63. The molecule has 2 aromatic heterocycles. The summed E-state index contributed by atoms with van der Waals surface area (Å²) in [6.45, 7) is 0. The number of nitrogens with zero attached hydrogens (tertiary/aromatic N) is 1. The zero-order chi connectivity index (χ0) is 36.3. The summed E-state index contributed by atoms with van der Waals surface area (Å²) in [6.07, 6.45) is 0. The summed E-state index contributed by atoms with van der Waals surface area (Å²) in [5, 5.41) is 6.82. The van der Waals surface area contributed by atoms with Crippen LogP contribution in [0.25, 0.3) is 88.0 Å². The highest BCUT2D eigenvalue weighted by molar-refractivity contribution is 6.15. The highest BCUT2D eigenvalue weighted by Gasteiger charge is 2.19. The lowest BCUT2D eigenvalue weighted by atomic mass is 9.99. The summed E-state index contributed by atoms with van der Waals surface area (Å²) in [7, 11) is 0. The first-order chi connectivity index (χ1) is 27.2. The van der Waals surface area contributed by atoms with E-state index in [0.717, 1.165) is 88.6 Å². The Morgan fingerprint density at radius 1 is 0.309 bits per heavy atom. The Morgan fingerprint density at radius 3 is 1.64 bits per heavy atom.